The lowest BCUT2D eigenvalue weighted by molar-refractivity contribution is -0.143. The molecule has 0 saturated heterocycles. The van der Waals surface area contributed by atoms with E-state index < -0.39 is 6.04 Å². The fourth-order valence-electron chi connectivity index (χ4n) is 3.94. The van der Waals surface area contributed by atoms with Crippen LogP contribution in [0.15, 0.2) is 35.9 Å². The number of hydrogen-bond donors (Lipinski definition) is 1. The van der Waals surface area contributed by atoms with E-state index in [4.69, 9.17) is 0 Å². The Balaban J connectivity index is 1.73. The smallest absolute Gasteiger partial charge is 0.247 e. The lowest BCUT2D eigenvalue weighted by Gasteiger charge is -2.39. The van der Waals surface area contributed by atoms with E-state index in [2.05, 4.69) is 11.4 Å². The van der Waals surface area contributed by atoms with E-state index in [0.29, 0.717) is 13.0 Å². The monoisotopic (exact) mass is 340 g/mol. The Morgan fingerprint density at radius 3 is 2.80 bits per heavy atom. The van der Waals surface area contributed by atoms with Gasteiger partial charge in [0.15, 0.2) is 0 Å². The van der Waals surface area contributed by atoms with Crippen LogP contribution in [0.3, 0.4) is 0 Å². The maximum Gasteiger partial charge on any atom is 0.247 e. The number of carbonyl (C=O) groups excluding carboxylic acids is 2. The van der Waals surface area contributed by atoms with Crippen LogP contribution in [0.4, 0.5) is 0 Å². The maximum atomic E-state index is 12.9. The molecule has 0 aromatic heterocycles. The van der Waals surface area contributed by atoms with Crippen molar-refractivity contribution in [2.75, 3.05) is 6.54 Å². The van der Waals surface area contributed by atoms with Crippen LogP contribution < -0.4 is 5.32 Å². The van der Waals surface area contributed by atoms with Crippen molar-refractivity contribution in [2.45, 2.75) is 64.5 Å². The topological polar surface area (TPSA) is 49.4 Å². The van der Waals surface area contributed by atoms with Crippen LogP contribution in [0.5, 0.6) is 0 Å². The molecule has 0 bridgehead atoms. The van der Waals surface area contributed by atoms with E-state index in [9.17, 15) is 9.59 Å². The van der Waals surface area contributed by atoms with Gasteiger partial charge in [0.2, 0.25) is 11.8 Å². The third-order valence-electron chi connectivity index (χ3n) is 5.19. The molecule has 1 N–H and O–H groups in total. The van der Waals surface area contributed by atoms with E-state index in [1.807, 2.05) is 38.1 Å². The Bertz CT molecular complexity index is 678. The average molecular weight is 340 g/mol. The average Bonchev–Trinajstić information content (AvgIpc) is 2.61. The second-order valence-corrected chi connectivity index (χ2v) is 7.32. The number of fused-ring (bicyclic) bond motifs is 1. The second-order valence-electron chi connectivity index (χ2n) is 7.32. The summed E-state index contributed by atoms with van der Waals surface area (Å²) in [5, 5.41) is 3.07. The summed E-state index contributed by atoms with van der Waals surface area (Å²) >= 11 is 0. The molecule has 1 aromatic carbocycles. The largest absolute Gasteiger partial charge is 0.354 e. The summed E-state index contributed by atoms with van der Waals surface area (Å²) in [7, 11) is 0. The Morgan fingerprint density at radius 1 is 1.28 bits per heavy atom. The zero-order valence-electron chi connectivity index (χ0n) is 15.3. The fraction of sp³-hybridized carbons (Fsp3) is 0.524. The van der Waals surface area contributed by atoms with E-state index in [1.54, 1.807) is 4.90 Å². The molecule has 0 fully saturated rings. The summed E-state index contributed by atoms with van der Waals surface area (Å²) in [6, 6.07) is 7.29. The molecule has 1 aliphatic carbocycles. The SMILES string of the molecule is CC(C)N1C(=O)Cc2ccccc2[C@@H]1C(=O)NCCC1=CCCCC1. The van der Waals surface area contributed by atoms with Gasteiger partial charge in [0, 0.05) is 12.6 Å². The molecular formula is C21H28N2O2. The van der Waals surface area contributed by atoms with Gasteiger partial charge in [-0.3, -0.25) is 9.59 Å². The highest BCUT2D eigenvalue weighted by molar-refractivity contribution is 5.92. The molecule has 4 heteroatoms. The predicted molar refractivity (Wildman–Crippen MR) is 99.0 cm³/mol. The number of allylic oxidation sites excluding steroid dienone is 1. The highest BCUT2D eigenvalue weighted by atomic mass is 16.2. The van der Waals surface area contributed by atoms with Crippen molar-refractivity contribution in [2.24, 2.45) is 0 Å². The number of nitrogens with one attached hydrogen (secondary N) is 1. The van der Waals surface area contributed by atoms with Crippen LogP contribution in [-0.2, 0) is 16.0 Å². The Hall–Kier alpha value is -2.10. The summed E-state index contributed by atoms with van der Waals surface area (Å²) in [4.78, 5) is 27.2. The normalized spacial score (nSPS) is 20.3. The highest BCUT2D eigenvalue weighted by Crippen LogP contribution is 2.32. The van der Waals surface area contributed by atoms with Gasteiger partial charge in [0.05, 0.1) is 6.42 Å². The predicted octanol–water partition coefficient (Wildman–Crippen LogP) is 3.53. The summed E-state index contributed by atoms with van der Waals surface area (Å²) < 4.78 is 0. The first-order valence-corrected chi connectivity index (χ1v) is 9.42. The van der Waals surface area contributed by atoms with Crippen molar-refractivity contribution in [1.82, 2.24) is 10.2 Å². The number of hydrogen-bond acceptors (Lipinski definition) is 2. The first kappa shape index (κ1) is 17.7. The van der Waals surface area contributed by atoms with Crippen LogP contribution in [0.1, 0.15) is 63.1 Å². The standard InChI is InChI=1S/C21H28N2O2/c1-15(2)23-19(24)14-17-10-6-7-11-18(17)20(23)21(25)22-13-12-16-8-4-3-5-9-16/h6-8,10-11,15,20H,3-5,9,12-14H2,1-2H3,(H,22,25)/t20-/m1/s1. The van der Waals surface area contributed by atoms with Gasteiger partial charge in [0.1, 0.15) is 6.04 Å². The van der Waals surface area contributed by atoms with Crippen molar-refractivity contribution in [3.8, 4) is 0 Å². The van der Waals surface area contributed by atoms with E-state index >= 15 is 0 Å². The molecule has 4 nitrogen and oxygen atoms in total. The van der Waals surface area contributed by atoms with Gasteiger partial charge in [0.25, 0.3) is 0 Å². The molecule has 2 amide bonds. The zero-order chi connectivity index (χ0) is 17.8. The van der Waals surface area contributed by atoms with Gasteiger partial charge in [-0.15, -0.1) is 0 Å². The summed E-state index contributed by atoms with van der Waals surface area (Å²) in [6.07, 6.45) is 8.45. The fourth-order valence-corrected chi connectivity index (χ4v) is 3.94. The molecule has 134 valence electrons. The van der Waals surface area contributed by atoms with Crippen LogP contribution in [0, 0.1) is 0 Å². The quantitative estimate of drug-likeness (QED) is 0.834. The number of carbonyl (C=O) groups is 2. The van der Waals surface area contributed by atoms with Crippen molar-refractivity contribution in [1.29, 1.82) is 0 Å². The van der Waals surface area contributed by atoms with E-state index in [-0.39, 0.29) is 17.9 Å². The number of rotatable bonds is 5. The minimum Gasteiger partial charge on any atom is -0.354 e. The van der Waals surface area contributed by atoms with Gasteiger partial charge in [-0.2, -0.15) is 0 Å². The van der Waals surface area contributed by atoms with Gasteiger partial charge in [-0.25, -0.2) is 0 Å². The molecule has 1 aromatic rings. The highest BCUT2D eigenvalue weighted by Gasteiger charge is 2.38. The first-order valence-electron chi connectivity index (χ1n) is 9.42. The molecule has 2 aliphatic rings. The van der Waals surface area contributed by atoms with Gasteiger partial charge in [-0.1, -0.05) is 35.9 Å². The van der Waals surface area contributed by atoms with E-state index in [0.717, 1.165) is 30.4 Å². The molecule has 0 spiro atoms. The molecular weight excluding hydrogens is 312 g/mol. The van der Waals surface area contributed by atoms with Crippen molar-refractivity contribution in [3.05, 3.63) is 47.0 Å². The minimum absolute atomic E-state index is 0.00217. The number of benzene rings is 1. The summed E-state index contributed by atoms with van der Waals surface area (Å²) in [5.41, 5.74) is 3.39. The molecule has 3 rings (SSSR count). The minimum atomic E-state index is -0.516. The van der Waals surface area contributed by atoms with Crippen LogP contribution in [0.2, 0.25) is 0 Å². The van der Waals surface area contributed by atoms with Crippen LogP contribution in [-0.4, -0.2) is 29.3 Å². The Morgan fingerprint density at radius 2 is 2.08 bits per heavy atom. The first-order chi connectivity index (χ1) is 12.1. The molecule has 0 unspecified atom stereocenters. The third kappa shape index (κ3) is 3.94. The lowest BCUT2D eigenvalue weighted by Crippen LogP contribution is -2.50. The van der Waals surface area contributed by atoms with Crippen molar-refractivity contribution < 1.29 is 9.59 Å². The molecule has 0 saturated carbocycles. The van der Waals surface area contributed by atoms with Gasteiger partial charge in [-0.05, 0) is 57.1 Å². The van der Waals surface area contributed by atoms with Gasteiger partial charge < -0.3 is 10.2 Å². The molecule has 0 radical (unpaired) electrons. The molecule has 25 heavy (non-hydrogen) atoms. The Kier molecular flexibility index (Phi) is 5.57. The van der Waals surface area contributed by atoms with Crippen LogP contribution >= 0.6 is 0 Å². The Labute approximate surface area is 150 Å². The summed E-state index contributed by atoms with van der Waals surface area (Å²) in [5.74, 6) is -0.0329. The zero-order valence-corrected chi connectivity index (χ0v) is 15.3. The van der Waals surface area contributed by atoms with Gasteiger partial charge >= 0.3 is 0 Å². The summed E-state index contributed by atoms with van der Waals surface area (Å²) in [6.45, 7) is 4.58. The molecule has 1 atom stereocenters. The van der Waals surface area contributed by atoms with E-state index in [1.165, 1.54) is 18.4 Å². The van der Waals surface area contributed by atoms with Crippen LogP contribution in [0.25, 0.3) is 0 Å². The van der Waals surface area contributed by atoms with Crippen molar-refractivity contribution >= 4 is 11.8 Å². The molecule has 1 heterocycles. The third-order valence-corrected chi connectivity index (χ3v) is 5.19. The molecule has 1 aliphatic heterocycles. The number of nitrogens with zero attached hydrogens (tertiary/aromatic N) is 1. The number of amides is 2. The van der Waals surface area contributed by atoms with Crippen molar-refractivity contribution in [3.63, 3.8) is 0 Å². The second kappa shape index (κ2) is 7.85. The maximum absolute atomic E-state index is 12.9. The lowest BCUT2D eigenvalue weighted by atomic mass is 9.90.